The lowest BCUT2D eigenvalue weighted by molar-refractivity contribution is -0.189. The Bertz CT molecular complexity index is 1590. The van der Waals surface area contributed by atoms with Crippen molar-refractivity contribution in [2.45, 2.75) is 50.0 Å². The van der Waals surface area contributed by atoms with Gasteiger partial charge < -0.3 is 9.84 Å². The molecule has 7 nitrogen and oxygen atoms in total. The van der Waals surface area contributed by atoms with Gasteiger partial charge in [-0.1, -0.05) is 26.0 Å². The van der Waals surface area contributed by atoms with E-state index >= 15 is 0 Å². The topological polar surface area (TPSA) is 93.9 Å². The highest BCUT2D eigenvalue weighted by Gasteiger charge is 2.59. The smallest absolute Gasteiger partial charge is 0.170 e. The van der Waals surface area contributed by atoms with Crippen molar-refractivity contribution < 1.29 is 18.6 Å². The van der Waals surface area contributed by atoms with Crippen molar-refractivity contribution in [2.75, 3.05) is 13.2 Å². The van der Waals surface area contributed by atoms with E-state index in [1.165, 1.54) is 18.2 Å². The summed E-state index contributed by atoms with van der Waals surface area (Å²) in [5.74, 6) is -0.740. The molecule has 9 heteroatoms. The van der Waals surface area contributed by atoms with E-state index in [1.807, 2.05) is 24.3 Å². The van der Waals surface area contributed by atoms with E-state index in [0.29, 0.717) is 11.5 Å². The summed E-state index contributed by atoms with van der Waals surface area (Å²) in [5.41, 5.74) is 2.37. The fraction of sp³-hybridized carbons (Fsp3) is 0.367. The minimum Gasteiger partial charge on any atom is -0.377 e. The molecule has 3 aromatic heterocycles. The molecule has 1 N–H and O–H groups in total. The van der Waals surface area contributed by atoms with E-state index in [9.17, 15) is 13.9 Å². The number of ether oxygens (including phenoxy) is 1. The Labute approximate surface area is 224 Å². The maximum Gasteiger partial charge on any atom is 0.170 e. The highest BCUT2D eigenvalue weighted by Crippen LogP contribution is 2.64. The summed E-state index contributed by atoms with van der Waals surface area (Å²) in [5, 5.41) is 19.5. The van der Waals surface area contributed by atoms with Gasteiger partial charge in [-0.3, -0.25) is 4.98 Å². The Balaban J connectivity index is 1.33. The number of hydrogen-bond acceptors (Lipinski definition) is 7. The molecule has 198 valence electrons. The van der Waals surface area contributed by atoms with Gasteiger partial charge in [-0.15, -0.1) is 5.10 Å². The lowest BCUT2D eigenvalue weighted by Gasteiger charge is -2.56. The van der Waals surface area contributed by atoms with Gasteiger partial charge in [-0.05, 0) is 66.5 Å². The maximum absolute atomic E-state index is 14.6. The molecular formula is C30H27F2N5O2. The van der Waals surface area contributed by atoms with Crippen molar-refractivity contribution in [1.82, 2.24) is 25.1 Å². The summed E-state index contributed by atoms with van der Waals surface area (Å²) in [6, 6.07) is 11.6. The minimum absolute atomic E-state index is 0.149. The Hall–Kier alpha value is -3.69. The standard InChI is InChI=1S/C30H27F2N5O2/c1-28(2)12-17-9-10-30(28,26-19(17)11-23(36-37-26)25-20(31)5-3-6-21(25)32)24-8-4-7-22(35-24)18-13-33-27(34-14-18)29(38)15-39-16-29/h3-8,11,13-14,17,38H,9-10,12,15-16H2,1-2H3/t17-,30+/m1/s1. The van der Waals surface area contributed by atoms with Crippen LogP contribution in [0.4, 0.5) is 8.78 Å². The van der Waals surface area contributed by atoms with Gasteiger partial charge in [0.05, 0.1) is 47.0 Å². The Morgan fingerprint density at radius 1 is 0.949 bits per heavy atom. The molecule has 4 heterocycles. The molecule has 1 saturated carbocycles. The molecule has 0 spiro atoms. The predicted molar refractivity (Wildman–Crippen MR) is 139 cm³/mol. The van der Waals surface area contributed by atoms with Crippen molar-refractivity contribution in [3.05, 3.63) is 89.3 Å². The van der Waals surface area contributed by atoms with Crippen LogP contribution in [0.3, 0.4) is 0 Å². The highest BCUT2D eigenvalue weighted by atomic mass is 19.1. The van der Waals surface area contributed by atoms with Gasteiger partial charge in [0.1, 0.15) is 11.6 Å². The second-order valence-electron chi connectivity index (χ2n) is 11.6. The molecule has 2 fully saturated rings. The zero-order chi connectivity index (χ0) is 27.0. The minimum atomic E-state index is -1.13. The van der Waals surface area contributed by atoms with Gasteiger partial charge in [0.2, 0.25) is 0 Å². The van der Waals surface area contributed by atoms with Gasteiger partial charge in [0, 0.05) is 18.0 Å². The summed E-state index contributed by atoms with van der Waals surface area (Å²) >= 11 is 0. The summed E-state index contributed by atoms with van der Waals surface area (Å²) in [4.78, 5) is 13.9. The molecule has 0 amide bonds. The average Bonchev–Trinajstić information content (AvgIpc) is 2.92. The van der Waals surface area contributed by atoms with Gasteiger partial charge in [-0.25, -0.2) is 18.7 Å². The lowest BCUT2D eigenvalue weighted by atomic mass is 9.47. The third-order valence-corrected chi connectivity index (χ3v) is 8.90. The quantitative estimate of drug-likeness (QED) is 0.395. The molecule has 3 aliphatic carbocycles. The van der Waals surface area contributed by atoms with E-state index in [0.717, 1.165) is 41.8 Å². The van der Waals surface area contributed by atoms with Crippen LogP contribution in [-0.2, 0) is 15.8 Å². The third kappa shape index (κ3) is 3.49. The molecular weight excluding hydrogens is 500 g/mol. The van der Waals surface area contributed by atoms with Crippen LogP contribution in [0.2, 0.25) is 0 Å². The monoisotopic (exact) mass is 527 g/mol. The van der Waals surface area contributed by atoms with Gasteiger partial charge in [-0.2, -0.15) is 5.10 Å². The van der Waals surface area contributed by atoms with Gasteiger partial charge in [0.15, 0.2) is 11.4 Å². The summed E-state index contributed by atoms with van der Waals surface area (Å²) in [7, 11) is 0. The van der Waals surface area contributed by atoms with Crippen molar-refractivity contribution in [2.24, 2.45) is 5.41 Å². The van der Waals surface area contributed by atoms with Crippen LogP contribution in [0.1, 0.15) is 61.8 Å². The number of fused-ring (bicyclic) bond motifs is 2. The summed E-state index contributed by atoms with van der Waals surface area (Å²) in [6.07, 6.45) is 6.02. The predicted octanol–water partition coefficient (Wildman–Crippen LogP) is 5.09. The van der Waals surface area contributed by atoms with Crippen LogP contribution < -0.4 is 0 Å². The van der Waals surface area contributed by atoms with Crippen LogP contribution in [0, 0.1) is 17.0 Å². The molecule has 0 radical (unpaired) electrons. The van der Waals surface area contributed by atoms with Crippen molar-refractivity contribution in [3.63, 3.8) is 0 Å². The number of aliphatic hydroxyl groups is 1. The second kappa shape index (κ2) is 8.40. The molecule has 2 bridgehead atoms. The number of hydrogen-bond donors (Lipinski definition) is 1. The molecule has 1 saturated heterocycles. The Morgan fingerprint density at radius 2 is 1.67 bits per heavy atom. The largest absolute Gasteiger partial charge is 0.377 e. The molecule has 0 unspecified atom stereocenters. The average molecular weight is 528 g/mol. The highest BCUT2D eigenvalue weighted by molar-refractivity contribution is 5.63. The first-order valence-electron chi connectivity index (χ1n) is 13.1. The van der Waals surface area contributed by atoms with Gasteiger partial charge >= 0.3 is 0 Å². The first-order chi connectivity index (χ1) is 18.7. The normalized spacial score (nSPS) is 24.2. The van der Waals surface area contributed by atoms with Crippen molar-refractivity contribution in [3.8, 4) is 22.5 Å². The maximum atomic E-state index is 14.6. The number of nitrogens with zero attached hydrogens (tertiary/aromatic N) is 5. The lowest BCUT2D eigenvalue weighted by Crippen LogP contribution is -2.53. The van der Waals surface area contributed by atoms with Crippen molar-refractivity contribution in [1.29, 1.82) is 0 Å². The van der Waals surface area contributed by atoms with E-state index in [-0.39, 0.29) is 35.8 Å². The molecule has 2 atom stereocenters. The fourth-order valence-corrected chi connectivity index (χ4v) is 6.79. The van der Waals surface area contributed by atoms with Crippen LogP contribution in [0.25, 0.3) is 22.5 Å². The zero-order valence-electron chi connectivity index (χ0n) is 21.7. The van der Waals surface area contributed by atoms with E-state index < -0.39 is 22.7 Å². The Morgan fingerprint density at radius 3 is 2.33 bits per heavy atom. The SMILES string of the molecule is CC1(C)C[C@H]2CC[C@]1(c1cccc(-c3cnc(C4(O)COC4)nc3)n1)c1nnc(-c3c(F)cccc3F)cc12. The number of benzene rings is 1. The zero-order valence-corrected chi connectivity index (χ0v) is 21.7. The molecule has 4 aliphatic rings. The van der Waals surface area contributed by atoms with E-state index in [1.54, 1.807) is 12.4 Å². The van der Waals surface area contributed by atoms with Crippen LogP contribution in [0.5, 0.6) is 0 Å². The Kier molecular flexibility index (Phi) is 5.25. The van der Waals surface area contributed by atoms with Crippen LogP contribution in [-0.4, -0.2) is 43.5 Å². The molecule has 39 heavy (non-hydrogen) atoms. The molecule has 1 aromatic carbocycles. The van der Waals surface area contributed by atoms with Crippen molar-refractivity contribution >= 4 is 0 Å². The molecule has 8 rings (SSSR count). The molecule has 4 aromatic rings. The van der Waals surface area contributed by atoms with Crippen LogP contribution >= 0.6 is 0 Å². The van der Waals surface area contributed by atoms with Crippen LogP contribution in [0.15, 0.2) is 54.9 Å². The number of rotatable bonds is 4. The fourth-order valence-electron chi connectivity index (χ4n) is 6.79. The van der Waals surface area contributed by atoms with Gasteiger partial charge in [0.25, 0.3) is 0 Å². The second-order valence-corrected chi connectivity index (χ2v) is 11.6. The first-order valence-corrected chi connectivity index (χ1v) is 13.1. The first kappa shape index (κ1) is 24.4. The number of pyridine rings is 1. The number of halogens is 2. The molecule has 1 aliphatic heterocycles. The van der Waals surface area contributed by atoms with E-state index in [4.69, 9.17) is 9.72 Å². The third-order valence-electron chi connectivity index (χ3n) is 8.90. The summed E-state index contributed by atoms with van der Waals surface area (Å²) < 4.78 is 34.3. The van der Waals surface area contributed by atoms with E-state index in [2.05, 4.69) is 34.0 Å². The summed E-state index contributed by atoms with van der Waals surface area (Å²) in [6.45, 7) is 4.85. The number of aromatic nitrogens is 5.